The first kappa shape index (κ1) is 17.9. The van der Waals surface area contributed by atoms with Crippen molar-refractivity contribution >= 4 is 16.9 Å². The van der Waals surface area contributed by atoms with Crippen LogP contribution in [-0.4, -0.2) is 19.7 Å². The van der Waals surface area contributed by atoms with Gasteiger partial charge in [0.2, 0.25) is 0 Å². The molecule has 1 atom stereocenters. The number of hydrogen-bond acceptors (Lipinski definition) is 6. The third-order valence-corrected chi connectivity index (χ3v) is 4.76. The van der Waals surface area contributed by atoms with Gasteiger partial charge in [-0.05, 0) is 35.9 Å². The van der Waals surface area contributed by atoms with Crippen molar-refractivity contribution in [2.24, 2.45) is 0 Å². The smallest absolute Gasteiger partial charge is 0.336 e. The molecule has 4 rings (SSSR count). The molecule has 1 saturated heterocycles. The van der Waals surface area contributed by atoms with Crippen molar-refractivity contribution in [3.05, 3.63) is 82.7 Å². The highest BCUT2D eigenvalue weighted by Gasteiger charge is 2.45. The number of methoxy groups -OCH3 is 1. The van der Waals surface area contributed by atoms with Gasteiger partial charge >= 0.3 is 11.6 Å². The first-order valence-corrected chi connectivity index (χ1v) is 8.71. The third-order valence-electron chi connectivity index (χ3n) is 4.76. The van der Waals surface area contributed by atoms with Crippen molar-refractivity contribution in [2.75, 3.05) is 13.7 Å². The van der Waals surface area contributed by atoms with Crippen LogP contribution in [0.2, 0.25) is 0 Å². The van der Waals surface area contributed by atoms with Crippen LogP contribution in [0.15, 0.2) is 76.0 Å². The molecular formula is C22H18O6. The molecule has 1 aromatic heterocycles. The lowest BCUT2D eigenvalue weighted by molar-refractivity contribution is -0.150. The highest BCUT2D eigenvalue weighted by atomic mass is 16.6. The lowest BCUT2D eigenvalue weighted by Crippen LogP contribution is -2.33. The number of ether oxygens (including phenoxy) is 3. The van der Waals surface area contributed by atoms with Gasteiger partial charge in [0, 0.05) is 29.5 Å². The first-order chi connectivity index (χ1) is 13.5. The van der Waals surface area contributed by atoms with Crippen molar-refractivity contribution in [3.63, 3.8) is 0 Å². The van der Waals surface area contributed by atoms with Gasteiger partial charge in [0.05, 0.1) is 7.11 Å². The molecule has 6 heteroatoms. The maximum atomic E-state index is 12.1. The highest BCUT2D eigenvalue weighted by molar-refractivity contribution is 5.90. The van der Waals surface area contributed by atoms with Crippen LogP contribution in [0.4, 0.5) is 0 Å². The van der Waals surface area contributed by atoms with Crippen molar-refractivity contribution in [2.45, 2.75) is 12.0 Å². The van der Waals surface area contributed by atoms with Crippen LogP contribution >= 0.6 is 0 Å². The molecule has 2 heterocycles. The summed E-state index contributed by atoms with van der Waals surface area (Å²) in [5.41, 5.74) is 0.195. The molecule has 0 saturated carbocycles. The van der Waals surface area contributed by atoms with E-state index in [9.17, 15) is 9.59 Å². The van der Waals surface area contributed by atoms with Gasteiger partial charge in [0.1, 0.15) is 23.7 Å². The molecule has 0 aliphatic carbocycles. The normalized spacial score (nSPS) is 18.9. The number of esters is 1. The maximum Gasteiger partial charge on any atom is 0.336 e. The summed E-state index contributed by atoms with van der Waals surface area (Å²) < 4.78 is 22.0. The molecule has 6 nitrogen and oxygen atoms in total. The SMILES string of the molecule is C=C1CC(COc2ccc3ccc(=O)oc3c2)(c2ccc(OC)cc2)OC1=O. The minimum Gasteiger partial charge on any atom is -0.497 e. The van der Waals surface area contributed by atoms with E-state index in [-0.39, 0.29) is 6.61 Å². The number of cyclic esters (lactones) is 1. The Morgan fingerprint density at radius 1 is 1.04 bits per heavy atom. The maximum absolute atomic E-state index is 12.1. The van der Waals surface area contributed by atoms with Crippen LogP contribution < -0.4 is 15.1 Å². The van der Waals surface area contributed by atoms with E-state index in [0.29, 0.717) is 29.1 Å². The number of carbonyl (C=O) groups is 1. The molecule has 0 radical (unpaired) electrons. The van der Waals surface area contributed by atoms with Gasteiger partial charge in [-0.3, -0.25) is 0 Å². The number of carbonyl (C=O) groups excluding carboxylic acids is 1. The number of benzene rings is 2. The second kappa shape index (κ2) is 6.88. The summed E-state index contributed by atoms with van der Waals surface area (Å²) in [5.74, 6) is 0.764. The minimum absolute atomic E-state index is 0.0899. The van der Waals surface area contributed by atoms with E-state index in [1.54, 1.807) is 43.5 Å². The lowest BCUT2D eigenvalue weighted by atomic mass is 9.90. The first-order valence-electron chi connectivity index (χ1n) is 8.71. The van der Waals surface area contributed by atoms with Crippen molar-refractivity contribution in [3.8, 4) is 11.5 Å². The molecule has 0 spiro atoms. The fourth-order valence-electron chi connectivity index (χ4n) is 3.25. The Bertz CT molecular complexity index is 1090. The Kier molecular flexibility index (Phi) is 4.39. The van der Waals surface area contributed by atoms with Gasteiger partial charge in [-0.15, -0.1) is 0 Å². The Morgan fingerprint density at radius 2 is 1.75 bits per heavy atom. The zero-order valence-electron chi connectivity index (χ0n) is 15.3. The highest BCUT2D eigenvalue weighted by Crippen LogP contribution is 2.40. The molecule has 0 bridgehead atoms. The van der Waals surface area contributed by atoms with Crippen molar-refractivity contribution < 1.29 is 23.4 Å². The second-order valence-corrected chi connectivity index (χ2v) is 6.64. The molecule has 3 aromatic rings. The molecule has 1 fully saturated rings. The average Bonchev–Trinajstić information content (AvgIpc) is 3.01. The summed E-state index contributed by atoms with van der Waals surface area (Å²) in [6.07, 6.45) is 0.320. The van der Waals surface area contributed by atoms with Crippen LogP contribution in [0.1, 0.15) is 12.0 Å². The molecule has 1 unspecified atom stereocenters. The standard InChI is InChI=1S/C22H18O6/c1-14-12-22(28-21(14)24,16-5-8-17(25-2)9-6-16)13-26-18-7-3-15-4-10-20(23)27-19(15)11-18/h3-11H,1,12-13H2,2H3. The van der Waals surface area contributed by atoms with E-state index in [4.69, 9.17) is 18.6 Å². The largest absolute Gasteiger partial charge is 0.497 e. The van der Waals surface area contributed by atoms with Crippen LogP contribution in [0, 0.1) is 0 Å². The zero-order valence-corrected chi connectivity index (χ0v) is 15.3. The molecule has 0 amide bonds. The van der Waals surface area contributed by atoms with Gasteiger partial charge < -0.3 is 18.6 Å². The van der Waals surface area contributed by atoms with E-state index in [0.717, 1.165) is 10.9 Å². The molecule has 1 aliphatic heterocycles. The Balaban J connectivity index is 1.64. The molecular weight excluding hydrogens is 360 g/mol. The van der Waals surface area contributed by atoms with E-state index < -0.39 is 17.2 Å². The summed E-state index contributed by atoms with van der Waals surface area (Å²) in [4.78, 5) is 23.5. The molecule has 28 heavy (non-hydrogen) atoms. The van der Waals surface area contributed by atoms with Gasteiger partial charge in [0.15, 0.2) is 5.60 Å². The quantitative estimate of drug-likeness (QED) is 0.384. The fourth-order valence-corrected chi connectivity index (χ4v) is 3.25. The Labute approximate surface area is 160 Å². The molecule has 2 aromatic carbocycles. The van der Waals surface area contributed by atoms with E-state index in [1.165, 1.54) is 6.07 Å². The molecule has 1 aliphatic rings. The number of fused-ring (bicyclic) bond motifs is 1. The van der Waals surface area contributed by atoms with Crippen LogP contribution in [0.3, 0.4) is 0 Å². The van der Waals surface area contributed by atoms with Crippen LogP contribution in [0.5, 0.6) is 11.5 Å². The van der Waals surface area contributed by atoms with Gasteiger partial charge in [0.25, 0.3) is 0 Å². The van der Waals surface area contributed by atoms with Gasteiger partial charge in [-0.1, -0.05) is 18.7 Å². The summed E-state index contributed by atoms with van der Waals surface area (Å²) in [6, 6.07) is 15.6. The topological polar surface area (TPSA) is 75.0 Å². The number of rotatable bonds is 5. The predicted molar refractivity (Wildman–Crippen MR) is 103 cm³/mol. The van der Waals surface area contributed by atoms with Crippen LogP contribution in [-0.2, 0) is 15.1 Å². The second-order valence-electron chi connectivity index (χ2n) is 6.64. The summed E-state index contributed by atoms with van der Waals surface area (Å²) >= 11 is 0. The van der Waals surface area contributed by atoms with Crippen molar-refractivity contribution in [1.82, 2.24) is 0 Å². The minimum atomic E-state index is -0.979. The van der Waals surface area contributed by atoms with E-state index in [2.05, 4.69) is 6.58 Å². The molecule has 142 valence electrons. The summed E-state index contributed by atoms with van der Waals surface area (Å²) in [6.45, 7) is 3.88. The third kappa shape index (κ3) is 3.24. The number of hydrogen-bond donors (Lipinski definition) is 0. The Morgan fingerprint density at radius 3 is 2.43 bits per heavy atom. The van der Waals surface area contributed by atoms with Crippen molar-refractivity contribution in [1.29, 1.82) is 0 Å². The van der Waals surface area contributed by atoms with E-state index in [1.807, 2.05) is 12.1 Å². The fraction of sp³-hybridized carbons (Fsp3) is 0.182. The Hall–Kier alpha value is -3.54. The van der Waals surface area contributed by atoms with Crippen LogP contribution in [0.25, 0.3) is 11.0 Å². The predicted octanol–water partition coefficient (Wildman–Crippen LogP) is 3.58. The lowest BCUT2D eigenvalue weighted by Gasteiger charge is -2.28. The monoisotopic (exact) mass is 378 g/mol. The van der Waals surface area contributed by atoms with Gasteiger partial charge in [-0.2, -0.15) is 0 Å². The molecule has 0 N–H and O–H groups in total. The van der Waals surface area contributed by atoms with E-state index >= 15 is 0 Å². The van der Waals surface area contributed by atoms with Gasteiger partial charge in [-0.25, -0.2) is 9.59 Å². The summed E-state index contributed by atoms with van der Waals surface area (Å²) in [5, 5.41) is 0.789. The zero-order chi connectivity index (χ0) is 19.7. The summed E-state index contributed by atoms with van der Waals surface area (Å²) in [7, 11) is 1.59. The average molecular weight is 378 g/mol.